The van der Waals surface area contributed by atoms with Crippen LogP contribution in [0.15, 0.2) is 77.9 Å². The van der Waals surface area contributed by atoms with Crippen LogP contribution in [-0.2, 0) is 4.74 Å². The molecule has 0 saturated heterocycles. The van der Waals surface area contributed by atoms with Crippen LogP contribution in [0.25, 0.3) is 11.3 Å². The highest BCUT2D eigenvalue weighted by molar-refractivity contribution is 8.00. The molecule has 1 aliphatic rings. The van der Waals surface area contributed by atoms with Crippen LogP contribution in [-0.4, -0.2) is 46.6 Å². The van der Waals surface area contributed by atoms with Crippen molar-refractivity contribution >= 4 is 23.8 Å². The third kappa shape index (κ3) is 7.66. The van der Waals surface area contributed by atoms with Crippen LogP contribution >= 0.6 is 11.9 Å². The highest BCUT2D eigenvalue weighted by atomic mass is 32.2. The number of allylic oxidation sites excluding steroid dienone is 3. The summed E-state index contributed by atoms with van der Waals surface area (Å²) >= 11 is 1.37. The quantitative estimate of drug-likeness (QED) is 0.135. The number of carbonyl (C=O) groups excluding carboxylic acids is 1. The molecule has 0 fully saturated rings. The number of carbonyl (C=O) groups is 1. The van der Waals surface area contributed by atoms with Gasteiger partial charge in [-0.3, -0.25) is 9.52 Å². The molecule has 210 valence electrons. The molecule has 7 nitrogen and oxygen atoms in total. The van der Waals surface area contributed by atoms with E-state index in [1.807, 2.05) is 66.4 Å². The summed E-state index contributed by atoms with van der Waals surface area (Å²) in [7, 11) is 0. The molecule has 4 rings (SSSR count). The van der Waals surface area contributed by atoms with E-state index in [1.54, 1.807) is 6.26 Å². The Morgan fingerprint density at radius 3 is 2.65 bits per heavy atom. The number of aromatic nitrogens is 2. The van der Waals surface area contributed by atoms with Gasteiger partial charge < -0.3 is 14.4 Å². The van der Waals surface area contributed by atoms with E-state index in [2.05, 4.69) is 49.5 Å². The minimum atomic E-state index is -0.178. The summed E-state index contributed by atoms with van der Waals surface area (Å²) in [6, 6.07) is 15.5. The average molecular weight is 559 g/mol. The molecule has 4 bridgehead atoms. The minimum Gasteiger partial charge on any atom is -0.499 e. The van der Waals surface area contributed by atoms with Crippen LogP contribution in [0.2, 0.25) is 0 Å². The number of anilines is 1. The lowest BCUT2D eigenvalue weighted by atomic mass is 10.00. The fourth-order valence-electron chi connectivity index (χ4n) is 4.75. The molecule has 0 spiro atoms. The highest BCUT2D eigenvalue weighted by Crippen LogP contribution is 2.31. The number of hydrogen-bond acceptors (Lipinski definition) is 7. The van der Waals surface area contributed by atoms with Crippen molar-refractivity contribution in [3.63, 3.8) is 0 Å². The van der Waals surface area contributed by atoms with Crippen LogP contribution in [0, 0.1) is 19.8 Å². The molecular formula is C32H38N4O3S. The van der Waals surface area contributed by atoms with Gasteiger partial charge in [0.15, 0.2) is 0 Å². The molecule has 40 heavy (non-hydrogen) atoms. The molecule has 1 atom stereocenters. The minimum absolute atomic E-state index is 0.0500. The van der Waals surface area contributed by atoms with Crippen molar-refractivity contribution in [2.75, 3.05) is 24.5 Å². The maximum atomic E-state index is 13.9. The smallest absolute Gasteiger partial charge is 0.254 e. The molecule has 1 N–H and O–H groups in total. The summed E-state index contributed by atoms with van der Waals surface area (Å²) in [5.74, 6) is 1.22. The van der Waals surface area contributed by atoms with E-state index in [0.29, 0.717) is 43.1 Å². The molecule has 0 saturated carbocycles. The molecule has 2 heterocycles. The van der Waals surface area contributed by atoms with Crippen molar-refractivity contribution < 1.29 is 14.3 Å². The maximum absolute atomic E-state index is 13.9. The number of hydrogen-bond donors (Lipinski definition) is 1. The van der Waals surface area contributed by atoms with Crippen molar-refractivity contribution in [3.05, 3.63) is 89.7 Å². The number of aryl methyl sites for hydroxylation is 2. The molecule has 3 aromatic rings. The predicted octanol–water partition coefficient (Wildman–Crippen LogP) is 7.24. The first kappa shape index (κ1) is 29.2. The Bertz CT molecular complexity index is 1350. The van der Waals surface area contributed by atoms with E-state index >= 15 is 0 Å². The van der Waals surface area contributed by atoms with Gasteiger partial charge in [-0.15, -0.1) is 0 Å². The first-order valence-electron chi connectivity index (χ1n) is 13.7. The van der Waals surface area contributed by atoms with E-state index in [4.69, 9.17) is 14.5 Å². The van der Waals surface area contributed by atoms with Crippen LogP contribution in [0.3, 0.4) is 0 Å². The third-order valence-corrected chi connectivity index (χ3v) is 7.35. The van der Waals surface area contributed by atoms with Gasteiger partial charge in [-0.25, -0.2) is 4.98 Å². The van der Waals surface area contributed by atoms with E-state index in [9.17, 15) is 4.79 Å². The largest absolute Gasteiger partial charge is 0.499 e. The Kier molecular flexibility index (Phi) is 10.2. The Hall–Kier alpha value is -3.78. The van der Waals surface area contributed by atoms with Gasteiger partial charge in [0.1, 0.15) is 13.2 Å². The normalized spacial score (nSPS) is 15.9. The number of nitrogens with zero attached hydrogens (tertiary/aromatic N) is 3. The summed E-state index contributed by atoms with van der Waals surface area (Å²) in [6.07, 6.45) is 8.10. The number of rotatable bonds is 8. The van der Waals surface area contributed by atoms with Crippen LogP contribution in [0.1, 0.15) is 48.7 Å². The summed E-state index contributed by atoms with van der Waals surface area (Å²) in [4.78, 5) is 26.2. The SMILES string of the molecule is C/C=C\C=C/OCCN1C(=O)c2cccc(c2)SNc2nc(cc(-c3c(C)cccc3C)n2)OC[C@H]1CC(C)C. The number of fused-ring (bicyclic) bond motifs is 4. The third-order valence-electron chi connectivity index (χ3n) is 6.58. The average Bonchev–Trinajstić information content (AvgIpc) is 2.93. The van der Waals surface area contributed by atoms with E-state index < -0.39 is 0 Å². The first-order chi connectivity index (χ1) is 19.4. The Balaban J connectivity index is 1.72. The summed E-state index contributed by atoms with van der Waals surface area (Å²) in [6.45, 7) is 11.5. The summed E-state index contributed by atoms with van der Waals surface area (Å²) in [5, 5.41) is 0. The highest BCUT2D eigenvalue weighted by Gasteiger charge is 2.27. The molecule has 0 radical (unpaired) electrons. The Morgan fingerprint density at radius 1 is 1.12 bits per heavy atom. The van der Waals surface area contributed by atoms with Gasteiger partial charge in [0, 0.05) is 22.1 Å². The Morgan fingerprint density at radius 2 is 1.90 bits per heavy atom. The fourth-order valence-corrected chi connectivity index (χ4v) is 5.38. The molecule has 2 aromatic carbocycles. The van der Waals surface area contributed by atoms with E-state index in [1.165, 1.54) is 11.9 Å². The summed E-state index contributed by atoms with van der Waals surface area (Å²) in [5.41, 5.74) is 4.74. The molecule has 8 heteroatoms. The Labute approximate surface area is 241 Å². The zero-order valence-corrected chi connectivity index (χ0v) is 24.7. The van der Waals surface area contributed by atoms with Crippen LogP contribution in [0.5, 0.6) is 5.88 Å². The topological polar surface area (TPSA) is 76.6 Å². The number of benzene rings is 2. The second-order valence-corrected chi connectivity index (χ2v) is 11.1. The van der Waals surface area contributed by atoms with Crippen molar-refractivity contribution in [2.24, 2.45) is 5.92 Å². The number of nitrogens with one attached hydrogen (secondary N) is 1. The van der Waals surface area contributed by atoms with E-state index in [-0.39, 0.29) is 11.9 Å². The van der Waals surface area contributed by atoms with Crippen LogP contribution < -0.4 is 9.46 Å². The molecule has 0 aliphatic carbocycles. The van der Waals surface area contributed by atoms with Crippen molar-refractivity contribution in [1.29, 1.82) is 0 Å². The van der Waals surface area contributed by atoms with Gasteiger partial charge in [-0.1, -0.05) is 50.3 Å². The van der Waals surface area contributed by atoms with Crippen molar-refractivity contribution in [2.45, 2.75) is 52.0 Å². The molecule has 0 unspecified atom stereocenters. The van der Waals surface area contributed by atoms with Gasteiger partial charge in [0.05, 0.1) is 24.5 Å². The molecule has 1 amide bonds. The first-order valence-corrected chi connectivity index (χ1v) is 14.5. The standard InChI is InChI=1S/C32H38N4O3S/c1-6-7-8-16-38-17-15-36-26(18-22(2)3)21-39-29-20-28(30-23(4)11-9-12-24(30)5)33-32(34-29)35-40-27-14-10-13-25(19-27)31(36)37/h6-14,16,19-20,22,26H,15,17-18,21H2,1-5H3,(H,33,34,35)/b7-6-,16-8-/t26-/m1/s1. The monoisotopic (exact) mass is 558 g/mol. The van der Waals surface area contributed by atoms with Gasteiger partial charge in [-0.05, 0) is 80.5 Å². The lowest BCUT2D eigenvalue weighted by Crippen LogP contribution is -2.46. The summed E-state index contributed by atoms with van der Waals surface area (Å²) < 4.78 is 15.3. The molecule has 1 aromatic heterocycles. The van der Waals surface area contributed by atoms with Crippen molar-refractivity contribution in [1.82, 2.24) is 14.9 Å². The van der Waals surface area contributed by atoms with E-state index in [0.717, 1.165) is 33.7 Å². The van der Waals surface area contributed by atoms with Crippen LogP contribution in [0.4, 0.5) is 5.95 Å². The zero-order chi connectivity index (χ0) is 28.5. The fraction of sp³-hybridized carbons (Fsp3) is 0.344. The molecule has 1 aliphatic heterocycles. The van der Waals surface area contributed by atoms with Crippen molar-refractivity contribution in [3.8, 4) is 17.1 Å². The maximum Gasteiger partial charge on any atom is 0.254 e. The number of amides is 1. The lowest BCUT2D eigenvalue weighted by molar-refractivity contribution is 0.0513. The van der Waals surface area contributed by atoms with Gasteiger partial charge in [0.2, 0.25) is 11.8 Å². The lowest BCUT2D eigenvalue weighted by Gasteiger charge is -2.33. The van der Waals surface area contributed by atoms with Gasteiger partial charge >= 0.3 is 0 Å². The second-order valence-electron chi connectivity index (χ2n) is 10.2. The zero-order valence-electron chi connectivity index (χ0n) is 23.9. The van der Waals surface area contributed by atoms with Gasteiger partial charge in [-0.2, -0.15) is 4.98 Å². The van der Waals surface area contributed by atoms with Gasteiger partial charge in [0.25, 0.3) is 5.91 Å². The number of ether oxygens (including phenoxy) is 2. The molecular weight excluding hydrogens is 520 g/mol. The second kappa shape index (κ2) is 14.0. The predicted molar refractivity (Wildman–Crippen MR) is 163 cm³/mol.